The van der Waals surface area contributed by atoms with Crippen LogP contribution >= 0.6 is 0 Å². The van der Waals surface area contributed by atoms with Crippen LogP contribution in [-0.2, 0) is 11.2 Å². The van der Waals surface area contributed by atoms with E-state index in [4.69, 9.17) is 10.1 Å². The van der Waals surface area contributed by atoms with Gasteiger partial charge in [0.2, 0.25) is 0 Å². The van der Waals surface area contributed by atoms with E-state index in [1.807, 2.05) is 24.3 Å². The molecule has 1 aromatic heterocycles. The number of fused-ring (bicyclic) bond motifs is 1. The Balaban J connectivity index is 1.98. The molecule has 0 atom stereocenters. The highest BCUT2D eigenvalue weighted by Crippen LogP contribution is 2.33. The third kappa shape index (κ3) is 5.50. The number of nitrogens with zero attached hydrogens (tertiary/aromatic N) is 2. The first kappa shape index (κ1) is 21.6. The largest absolute Gasteiger partial charge is 0.508 e. The Bertz CT molecular complexity index is 999. The van der Waals surface area contributed by atoms with Gasteiger partial charge in [-0.15, -0.1) is 0 Å². The number of carboxylic acids is 1. The molecule has 0 amide bonds. The second-order valence-electron chi connectivity index (χ2n) is 7.84. The molecule has 3 aromatic rings. The number of aryl methyl sites for hydroxylation is 1. The van der Waals surface area contributed by atoms with Crippen LogP contribution < -0.4 is 4.90 Å². The van der Waals surface area contributed by atoms with Crippen LogP contribution in [0.2, 0.25) is 0 Å². The first-order chi connectivity index (χ1) is 14.5. The molecule has 0 saturated carbocycles. The van der Waals surface area contributed by atoms with Crippen molar-refractivity contribution < 1.29 is 15.0 Å². The maximum atomic E-state index is 11.2. The Hall–Kier alpha value is -3.08. The Morgan fingerprint density at radius 3 is 2.43 bits per heavy atom. The lowest BCUT2D eigenvalue weighted by Gasteiger charge is -2.19. The lowest BCUT2D eigenvalue weighted by Crippen LogP contribution is -2.26. The van der Waals surface area contributed by atoms with Crippen molar-refractivity contribution in [3.05, 3.63) is 54.1 Å². The lowest BCUT2D eigenvalue weighted by atomic mass is 9.97. The summed E-state index contributed by atoms with van der Waals surface area (Å²) in [6, 6.07) is 15.4. The second kappa shape index (κ2) is 10.1. The Morgan fingerprint density at radius 1 is 1.00 bits per heavy atom. The summed E-state index contributed by atoms with van der Waals surface area (Å²) in [6.07, 6.45) is 7.27. The summed E-state index contributed by atoms with van der Waals surface area (Å²) >= 11 is 0. The standard InChI is InChI=1S/C25H30N2O3/c1-3-4-5-6-7-8-18-9-14-23-22(15-18)21(19-10-12-20(28)13-11-19)16-24(26-23)27(2)17-25(29)30/h9-16,28H,3-8,17H2,1-2H3,(H,29,30). The van der Waals surface area contributed by atoms with Crippen molar-refractivity contribution >= 4 is 22.7 Å². The Morgan fingerprint density at radius 2 is 1.73 bits per heavy atom. The SMILES string of the molecule is CCCCCCCc1ccc2nc(N(C)CC(=O)O)cc(-c3ccc(O)cc3)c2c1. The van der Waals surface area contributed by atoms with E-state index in [9.17, 15) is 9.90 Å². The van der Waals surface area contributed by atoms with Crippen LogP contribution in [0.1, 0.15) is 44.6 Å². The molecule has 158 valence electrons. The van der Waals surface area contributed by atoms with Crippen molar-refractivity contribution in [3.63, 3.8) is 0 Å². The van der Waals surface area contributed by atoms with Crippen LogP contribution in [-0.4, -0.2) is 34.8 Å². The average molecular weight is 407 g/mol. The quantitative estimate of drug-likeness (QED) is 0.426. The number of aromatic hydroxyl groups is 1. The number of likely N-dealkylation sites (N-methyl/N-ethyl adjacent to an activating group) is 1. The molecule has 5 heteroatoms. The van der Waals surface area contributed by atoms with Crippen molar-refractivity contribution in [2.24, 2.45) is 0 Å². The summed E-state index contributed by atoms with van der Waals surface area (Å²) in [4.78, 5) is 17.5. The Labute approximate surface area is 178 Å². The topological polar surface area (TPSA) is 73.7 Å². The molecule has 0 saturated heterocycles. The molecule has 3 rings (SSSR count). The Kier molecular flexibility index (Phi) is 7.28. The van der Waals surface area contributed by atoms with Crippen LogP contribution in [0.5, 0.6) is 5.75 Å². The summed E-state index contributed by atoms with van der Waals surface area (Å²) in [7, 11) is 1.73. The lowest BCUT2D eigenvalue weighted by molar-refractivity contribution is -0.135. The van der Waals surface area contributed by atoms with Gasteiger partial charge in [-0.25, -0.2) is 4.98 Å². The van der Waals surface area contributed by atoms with Crippen molar-refractivity contribution in [1.82, 2.24) is 4.98 Å². The predicted molar refractivity (Wildman–Crippen MR) is 122 cm³/mol. The molecule has 0 fully saturated rings. The van der Waals surface area contributed by atoms with E-state index in [0.29, 0.717) is 5.82 Å². The van der Waals surface area contributed by atoms with Gasteiger partial charge >= 0.3 is 5.97 Å². The molecular weight excluding hydrogens is 376 g/mol. The number of pyridine rings is 1. The van der Waals surface area contributed by atoms with Gasteiger partial charge in [-0.2, -0.15) is 0 Å². The third-order valence-corrected chi connectivity index (χ3v) is 5.37. The van der Waals surface area contributed by atoms with Gasteiger partial charge in [0, 0.05) is 12.4 Å². The van der Waals surface area contributed by atoms with Crippen LogP contribution in [0.3, 0.4) is 0 Å². The van der Waals surface area contributed by atoms with Gasteiger partial charge in [-0.1, -0.05) is 50.8 Å². The molecule has 30 heavy (non-hydrogen) atoms. The van der Waals surface area contributed by atoms with E-state index in [1.54, 1.807) is 24.1 Å². The number of aromatic nitrogens is 1. The maximum Gasteiger partial charge on any atom is 0.323 e. The van der Waals surface area contributed by atoms with Crippen molar-refractivity contribution in [1.29, 1.82) is 0 Å². The summed E-state index contributed by atoms with van der Waals surface area (Å²) in [6.45, 7) is 2.10. The van der Waals surface area contributed by atoms with Gasteiger partial charge in [0.05, 0.1) is 5.52 Å². The number of hydrogen-bond acceptors (Lipinski definition) is 4. The molecule has 0 aliphatic carbocycles. The molecule has 5 nitrogen and oxygen atoms in total. The normalized spacial score (nSPS) is 11.0. The van der Waals surface area contributed by atoms with Gasteiger partial charge in [-0.3, -0.25) is 4.79 Å². The molecular formula is C25H30N2O3. The molecule has 1 heterocycles. The third-order valence-electron chi connectivity index (χ3n) is 5.37. The summed E-state index contributed by atoms with van der Waals surface area (Å²) < 4.78 is 0. The first-order valence-electron chi connectivity index (χ1n) is 10.6. The molecule has 0 spiro atoms. The number of hydrogen-bond donors (Lipinski definition) is 2. The number of phenols is 1. The van der Waals surface area contributed by atoms with Crippen LogP contribution in [0.15, 0.2) is 48.5 Å². The van der Waals surface area contributed by atoms with Gasteiger partial charge in [0.15, 0.2) is 0 Å². The predicted octanol–water partition coefficient (Wildman–Crippen LogP) is 5.64. The van der Waals surface area contributed by atoms with E-state index < -0.39 is 5.97 Å². The number of unbranched alkanes of at least 4 members (excludes halogenated alkanes) is 4. The highest BCUT2D eigenvalue weighted by molar-refractivity contribution is 5.96. The van der Waals surface area contributed by atoms with Crippen molar-refractivity contribution in [2.45, 2.75) is 45.4 Å². The fraction of sp³-hybridized carbons (Fsp3) is 0.360. The molecule has 0 radical (unpaired) electrons. The molecule has 2 aromatic carbocycles. The number of carboxylic acid groups (broad SMARTS) is 1. The minimum Gasteiger partial charge on any atom is -0.508 e. The van der Waals surface area contributed by atoms with Gasteiger partial charge < -0.3 is 15.1 Å². The molecule has 2 N–H and O–H groups in total. The zero-order valence-corrected chi connectivity index (χ0v) is 17.8. The summed E-state index contributed by atoms with van der Waals surface area (Å²) in [5.41, 5.74) is 4.07. The zero-order valence-electron chi connectivity index (χ0n) is 17.8. The second-order valence-corrected chi connectivity index (χ2v) is 7.84. The van der Waals surface area contributed by atoms with Gasteiger partial charge in [-0.05, 0) is 59.9 Å². The molecule has 0 unspecified atom stereocenters. The van der Waals surface area contributed by atoms with E-state index in [2.05, 4.69) is 19.1 Å². The summed E-state index contributed by atoms with van der Waals surface area (Å²) in [5, 5.41) is 19.9. The number of aliphatic carboxylic acids is 1. The van der Waals surface area contributed by atoms with Crippen molar-refractivity contribution in [2.75, 3.05) is 18.5 Å². The van der Waals surface area contributed by atoms with Crippen LogP contribution in [0.25, 0.3) is 22.0 Å². The number of rotatable bonds is 10. The minimum absolute atomic E-state index is 0.122. The molecule has 0 aliphatic heterocycles. The van der Waals surface area contributed by atoms with E-state index in [-0.39, 0.29) is 12.3 Å². The maximum absolute atomic E-state index is 11.2. The fourth-order valence-corrected chi connectivity index (χ4v) is 3.71. The average Bonchev–Trinajstić information content (AvgIpc) is 2.73. The number of phenolic OH excluding ortho intramolecular Hbond substituents is 1. The van der Waals surface area contributed by atoms with E-state index in [0.717, 1.165) is 28.5 Å². The number of anilines is 1. The molecule has 0 bridgehead atoms. The first-order valence-corrected chi connectivity index (χ1v) is 10.6. The summed E-state index contributed by atoms with van der Waals surface area (Å²) in [5.74, 6) is -0.0719. The minimum atomic E-state index is -0.899. The van der Waals surface area contributed by atoms with E-state index in [1.165, 1.54) is 37.7 Å². The van der Waals surface area contributed by atoms with Gasteiger partial charge in [0.1, 0.15) is 18.1 Å². The van der Waals surface area contributed by atoms with E-state index >= 15 is 0 Å². The molecule has 0 aliphatic rings. The van der Waals surface area contributed by atoms with Gasteiger partial charge in [0.25, 0.3) is 0 Å². The van der Waals surface area contributed by atoms with Crippen molar-refractivity contribution in [3.8, 4) is 16.9 Å². The number of benzene rings is 2. The fourth-order valence-electron chi connectivity index (χ4n) is 3.71. The monoisotopic (exact) mass is 406 g/mol. The van der Waals surface area contributed by atoms with Crippen LogP contribution in [0.4, 0.5) is 5.82 Å². The van der Waals surface area contributed by atoms with Crippen LogP contribution in [0, 0.1) is 0 Å². The smallest absolute Gasteiger partial charge is 0.323 e. The highest BCUT2D eigenvalue weighted by Gasteiger charge is 2.13. The zero-order chi connectivity index (χ0) is 21.5. The highest BCUT2D eigenvalue weighted by atomic mass is 16.4. The number of carbonyl (C=O) groups is 1.